The Hall–Kier alpha value is -1.41. The van der Waals surface area contributed by atoms with Gasteiger partial charge in [-0.05, 0) is 13.5 Å². The highest BCUT2D eigenvalue weighted by atomic mass is 16.3. The lowest BCUT2D eigenvalue weighted by Crippen LogP contribution is -2.31. The highest BCUT2D eigenvalue weighted by Gasteiger charge is 2.18. The molecule has 0 radical (unpaired) electrons. The zero-order valence-corrected chi connectivity index (χ0v) is 12.5. The van der Waals surface area contributed by atoms with Crippen molar-refractivity contribution < 1.29 is 20.4 Å². The number of hydrogen-bond donors (Lipinski definition) is 4. The van der Waals surface area contributed by atoms with E-state index >= 15 is 0 Å². The molecule has 1 aromatic rings. The van der Waals surface area contributed by atoms with Crippen molar-refractivity contribution in [3.05, 3.63) is 27.7 Å². The Labute approximate surface area is 123 Å². The maximum Gasteiger partial charge on any atom is 0.223 e. The first-order chi connectivity index (χ1) is 9.94. The molecular formula is C14H24N2O5. The molecule has 1 heterocycles. The number of aromatic hydroxyl groups is 1. The molecule has 0 spiro atoms. The van der Waals surface area contributed by atoms with E-state index in [1.807, 2.05) is 11.8 Å². The molecule has 0 aliphatic heterocycles. The van der Waals surface area contributed by atoms with E-state index in [1.165, 1.54) is 6.07 Å². The number of rotatable bonds is 8. The quantitative estimate of drug-likeness (QED) is 0.503. The van der Waals surface area contributed by atoms with E-state index in [4.69, 9.17) is 5.11 Å². The molecule has 7 heteroatoms. The van der Waals surface area contributed by atoms with Crippen LogP contribution >= 0.6 is 0 Å². The SMILES string of the molecule is CCN(CCO)Cc1c(O)c(=O)cc(CO)n1CC(C)O. The summed E-state index contributed by atoms with van der Waals surface area (Å²) in [5, 5.41) is 38.0. The van der Waals surface area contributed by atoms with Crippen LogP contribution in [-0.4, -0.2) is 55.7 Å². The van der Waals surface area contributed by atoms with E-state index in [2.05, 4.69) is 0 Å². The van der Waals surface area contributed by atoms with Gasteiger partial charge in [0.15, 0.2) is 5.75 Å². The summed E-state index contributed by atoms with van der Waals surface area (Å²) in [6.07, 6.45) is -0.691. The fraction of sp³-hybridized carbons (Fsp3) is 0.643. The van der Waals surface area contributed by atoms with Gasteiger partial charge < -0.3 is 25.0 Å². The van der Waals surface area contributed by atoms with Crippen molar-refractivity contribution in [1.29, 1.82) is 0 Å². The molecule has 4 N–H and O–H groups in total. The first kappa shape index (κ1) is 17.6. The van der Waals surface area contributed by atoms with Crippen LogP contribution in [0.5, 0.6) is 5.75 Å². The smallest absolute Gasteiger partial charge is 0.223 e. The van der Waals surface area contributed by atoms with Crippen LogP contribution in [0.3, 0.4) is 0 Å². The molecule has 0 aliphatic carbocycles. The van der Waals surface area contributed by atoms with Crippen LogP contribution < -0.4 is 5.43 Å². The maximum atomic E-state index is 11.8. The standard InChI is InChI=1S/C14H24N2O5/c1-3-15(4-5-17)8-12-14(21)13(20)6-11(9-18)16(12)7-10(2)19/h6,10,17-19,21H,3-5,7-9H2,1-2H3. The normalized spacial score (nSPS) is 12.9. The Morgan fingerprint density at radius 1 is 1.38 bits per heavy atom. The Morgan fingerprint density at radius 2 is 2.05 bits per heavy atom. The lowest BCUT2D eigenvalue weighted by atomic mass is 10.2. The van der Waals surface area contributed by atoms with Crippen molar-refractivity contribution in [2.24, 2.45) is 0 Å². The Kier molecular flexibility index (Phi) is 6.83. The topological polar surface area (TPSA) is 106 Å². The van der Waals surface area contributed by atoms with Crippen LogP contribution in [0.25, 0.3) is 0 Å². The van der Waals surface area contributed by atoms with E-state index < -0.39 is 11.5 Å². The molecule has 1 aromatic heterocycles. The molecule has 0 amide bonds. The molecule has 21 heavy (non-hydrogen) atoms. The molecule has 1 unspecified atom stereocenters. The van der Waals surface area contributed by atoms with Gasteiger partial charge in [0, 0.05) is 31.4 Å². The van der Waals surface area contributed by atoms with Gasteiger partial charge in [0.05, 0.1) is 25.0 Å². The Bertz CT molecular complexity index is 513. The minimum atomic E-state index is -0.691. The minimum absolute atomic E-state index is 0.0328. The van der Waals surface area contributed by atoms with Crippen molar-refractivity contribution in [1.82, 2.24) is 9.47 Å². The van der Waals surface area contributed by atoms with Crippen LogP contribution in [0.4, 0.5) is 0 Å². The second-order valence-electron chi connectivity index (χ2n) is 5.01. The average Bonchev–Trinajstić information content (AvgIpc) is 2.44. The number of aliphatic hydroxyl groups excluding tert-OH is 3. The number of hydrogen-bond acceptors (Lipinski definition) is 6. The molecule has 0 saturated heterocycles. The number of pyridine rings is 1. The zero-order chi connectivity index (χ0) is 16.0. The molecule has 0 saturated carbocycles. The van der Waals surface area contributed by atoms with Crippen LogP contribution in [0.15, 0.2) is 10.9 Å². The lowest BCUT2D eigenvalue weighted by Gasteiger charge is -2.25. The summed E-state index contributed by atoms with van der Waals surface area (Å²) < 4.78 is 1.56. The molecule has 0 fully saturated rings. The van der Waals surface area contributed by atoms with Gasteiger partial charge in [-0.3, -0.25) is 9.69 Å². The number of likely N-dealkylation sites (N-methyl/N-ethyl adjacent to an activating group) is 1. The van der Waals surface area contributed by atoms with Crippen LogP contribution in [0, 0.1) is 0 Å². The van der Waals surface area contributed by atoms with E-state index in [1.54, 1.807) is 11.5 Å². The van der Waals surface area contributed by atoms with Gasteiger partial charge in [-0.1, -0.05) is 6.92 Å². The summed E-state index contributed by atoms with van der Waals surface area (Å²) >= 11 is 0. The highest BCUT2D eigenvalue weighted by molar-refractivity contribution is 5.30. The molecule has 0 aromatic carbocycles. The van der Waals surface area contributed by atoms with Crippen LogP contribution in [-0.2, 0) is 19.7 Å². The van der Waals surface area contributed by atoms with Crippen molar-refractivity contribution in [3.63, 3.8) is 0 Å². The molecular weight excluding hydrogens is 276 g/mol. The molecule has 120 valence electrons. The number of aliphatic hydroxyl groups is 3. The third kappa shape index (κ3) is 4.53. The fourth-order valence-electron chi connectivity index (χ4n) is 2.23. The van der Waals surface area contributed by atoms with Gasteiger partial charge in [-0.25, -0.2) is 0 Å². The van der Waals surface area contributed by atoms with Crippen molar-refractivity contribution >= 4 is 0 Å². The average molecular weight is 300 g/mol. The predicted molar refractivity (Wildman–Crippen MR) is 78.0 cm³/mol. The van der Waals surface area contributed by atoms with Gasteiger partial charge in [0.1, 0.15) is 0 Å². The third-order valence-corrected chi connectivity index (χ3v) is 3.32. The van der Waals surface area contributed by atoms with Crippen LogP contribution in [0.2, 0.25) is 0 Å². The summed E-state index contributed by atoms with van der Waals surface area (Å²) in [5.41, 5.74) is 0.118. The third-order valence-electron chi connectivity index (χ3n) is 3.32. The summed E-state index contributed by atoms with van der Waals surface area (Å²) in [4.78, 5) is 13.6. The predicted octanol–water partition coefficient (Wildman–Crippen LogP) is -0.759. The molecule has 1 atom stereocenters. The van der Waals surface area contributed by atoms with Gasteiger partial charge in [-0.15, -0.1) is 0 Å². The van der Waals surface area contributed by atoms with Gasteiger partial charge in [-0.2, -0.15) is 0 Å². The summed E-state index contributed by atoms with van der Waals surface area (Å²) in [6, 6.07) is 1.17. The summed E-state index contributed by atoms with van der Waals surface area (Å²) in [6.45, 7) is 4.55. The number of aromatic nitrogens is 1. The summed E-state index contributed by atoms with van der Waals surface area (Å²) in [7, 11) is 0. The van der Waals surface area contributed by atoms with Gasteiger partial charge in [0.2, 0.25) is 5.43 Å². The van der Waals surface area contributed by atoms with Crippen molar-refractivity contribution in [3.8, 4) is 5.75 Å². The lowest BCUT2D eigenvalue weighted by molar-refractivity contribution is 0.158. The number of nitrogens with zero attached hydrogens (tertiary/aromatic N) is 2. The van der Waals surface area contributed by atoms with Crippen LogP contribution in [0.1, 0.15) is 25.2 Å². The molecule has 1 rings (SSSR count). The van der Waals surface area contributed by atoms with Gasteiger partial charge >= 0.3 is 0 Å². The van der Waals surface area contributed by atoms with E-state index in [9.17, 15) is 20.1 Å². The first-order valence-corrected chi connectivity index (χ1v) is 7.01. The van der Waals surface area contributed by atoms with E-state index in [-0.39, 0.29) is 32.1 Å². The Morgan fingerprint density at radius 3 is 2.52 bits per heavy atom. The van der Waals surface area contributed by atoms with Crippen molar-refractivity contribution in [2.45, 2.75) is 39.6 Å². The Balaban J connectivity index is 3.30. The van der Waals surface area contributed by atoms with E-state index in [0.717, 1.165) is 0 Å². The van der Waals surface area contributed by atoms with Gasteiger partial charge in [0.25, 0.3) is 0 Å². The van der Waals surface area contributed by atoms with E-state index in [0.29, 0.717) is 24.5 Å². The monoisotopic (exact) mass is 300 g/mol. The summed E-state index contributed by atoms with van der Waals surface area (Å²) in [5.74, 6) is -0.385. The second kappa shape index (κ2) is 8.14. The second-order valence-corrected chi connectivity index (χ2v) is 5.01. The largest absolute Gasteiger partial charge is 0.503 e. The highest BCUT2D eigenvalue weighted by Crippen LogP contribution is 2.18. The maximum absolute atomic E-state index is 11.8. The minimum Gasteiger partial charge on any atom is -0.503 e. The molecule has 7 nitrogen and oxygen atoms in total. The zero-order valence-electron chi connectivity index (χ0n) is 12.5. The molecule has 0 aliphatic rings. The fourth-order valence-corrected chi connectivity index (χ4v) is 2.23. The van der Waals surface area contributed by atoms with Crippen molar-refractivity contribution in [2.75, 3.05) is 19.7 Å². The molecule has 0 bridgehead atoms. The first-order valence-electron chi connectivity index (χ1n) is 7.01.